The number of fused-ring (bicyclic) bond motifs is 1. The van der Waals surface area contributed by atoms with E-state index < -0.39 is 0 Å². The summed E-state index contributed by atoms with van der Waals surface area (Å²) in [6.45, 7) is 4.55. The van der Waals surface area contributed by atoms with Crippen molar-refractivity contribution in [1.82, 2.24) is 10.3 Å². The van der Waals surface area contributed by atoms with Gasteiger partial charge in [0, 0.05) is 41.9 Å². The van der Waals surface area contributed by atoms with Crippen molar-refractivity contribution in [3.05, 3.63) is 36.5 Å². The van der Waals surface area contributed by atoms with Gasteiger partial charge in [-0.25, -0.2) is 0 Å². The normalized spacial score (nSPS) is 24.8. The second kappa shape index (κ2) is 4.99. The minimum absolute atomic E-state index is 0.358. The number of piperazine rings is 1. The fourth-order valence-electron chi connectivity index (χ4n) is 3.99. The molecule has 0 bridgehead atoms. The molecule has 3 nitrogen and oxygen atoms in total. The van der Waals surface area contributed by atoms with Crippen LogP contribution >= 0.6 is 0 Å². The van der Waals surface area contributed by atoms with Crippen molar-refractivity contribution in [3.63, 3.8) is 0 Å². The van der Waals surface area contributed by atoms with Gasteiger partial charge in [-0.1, -0.05) is 18.9 Å². The van der Waals surface area contributed by atoms with Crippen molar-refractivity contribution < 1.29 is 0 Å². The number of aromatic nitrogens is 1. The Morgan fingerprint density at radius 2 is 2.10 bits per heavy atom. The maximum Gasteiger partial charge on any atom is 0.0703 e. The Bertz CT molecular complexity index is 646. The molecule has 21 heavy (non-hydrogen) atoms. The zero-order chi connectivity index (χ0) is 14.3. The fourth-order valence-corrected chi connectivity index (χ4v) is 3.99. The van der Waals surface area contributed by atoms with Gasteiger partial charge < -0.3 is 10.2 Å². The summed E-state index contributed by atoms with van der Waals surface area (Å²) >= 11 is 0. The van der Waals surface area contributed by atoms with Crippen molar-refractivity contribution in [2.24, 2.45) is 0 Å². The molecular weight excluding hydrogens is 258 g/mol. The van der Waals surface area contributed by atoms with Gasteiger partial charge in [0.2, 0.25) is 0 Å². The van der Waals surface area contributed by atoms with Crippen LogP contribution in [0.1, 0.15) is 32.6 Å². The number of hydrogen-bond acceptors (Lipinski definition) is 3. The maximum absolute atomic E-state index is 4.43. The molecule has 1 aromatic heterocycles. The summed E-state index contributed by atoms with van der Waals surface area (Å²) in [6.07, 6.45) is 7.26. The Kier molecular flexibility index (Phi) is 3.11. The highest BCUT2D eigenvalue weighted by molar-refractivity contribution is 5.82. The second-order valence-corrected chi connectivity index (χ2v) is 6.73. The van der Waals surface area contributed by atoms with E-state index in [1.807, 2.05) is 12.3 Å². The topological polar surface area (TPSA) is 28.2 Å². The molecule has 2 fully saturated rings. The SMILES string of the molecule is CC1CNC2(CCCC2)CN1c1ccc2ncccc2c1. The number of benzene rings is 1. The first kappa shape index (κ1) is 13.1. The monoisotopic (exact) mass is 281 g/mol. The molecule has 110 valence electrons. The molecule has 0 amide bonds. The van der Waals surface area contributed by atoms with Crippen LogP contribution in [0.2, 0.25) is 0 Å². The van der Waals surface area contributed by atoms with E-state index in [0.29, 0.717) is 11.6 Å². The molecule has 1 saturated heterocycles. The lowest BCUT2D eigenvalue weighted by Crippen LogP contribution is -2.62. The zero-order valence-corrected chi connectivity index (χ0v) is 12.7. The van der Waals surface area contributed by atoms with E-state index in [4.69, 9.17) is 0 Å². The van der Waals surface area contributed by atoms with E-state index in [2.05, 4.69) is 46.4 Å². The van der Waals surface area contributed by atoms with Gasteiger partial charge >= 0.3 is 0 Å². The lowest BCUT2D eigenvalue weighted by Gasteiger charge is -2.46. The third-order valence-electron chi connectivity index (χ3n) is 5.26. The van der Waals surface area contributed by atoms with Crippen LogP contribution in [0.3, 0.4) is 0 Å². The summed E-state index contributed by atoms with van der Waals surface area (Å²) < 4.78 is 0. The van der Waals surface area contributed by atoms with E-state index in [9.17, 15) is 0 Å². The van der Waals surface area contributed by atoms with Gasteiger partial charge in [-0.05, 0) is 44.0 Å². The standard InChI is InChI=1S/C18H23N3/c1-14-12-20-18(8-2-3-9-18)13-21(14)16-6-7-17-15(11-16)5-4-10-19-17/h4-7,10-11,14,20H,2-3,8-9,12-13H2,1H3. The summed E-state index contributed by atoms with van der Waals surface area (Å²) in [5.41, 5.74) is 2.78. The van der Waals surface area contributed by atoms with Crippen LogP contribution < -0.4 is 10.2 Å². The summed E-state index contributed by atoms with van der Waals surface area (Å²) in [5, 5.41) is 5.06. The maximum atomic E-state index is 4.43. The molecule has 0 radical (unpaired) electrons. The second-order valence-electron chi connectivity index (χ2n) is 6.73. The molecule has 1 aromatic carbocycles. The lowest BCUT2D eigenvalue weighted by atomic mass is 9.92. The molecule has 2 heterocycles. The van der Waals surface area contributed by atoms with Crippen molar-refractivity contribution in [1.29, 1.82) is 0 Å². The number of nitrogens with zero attached hydrogens (tertiary/aromatic N) is 2. The Morgan fingerprint density at radius 3 is 2.95 bits per heavy atom. The lowest BCUT2D eigenvalue weighted by molar-refractivity contribution is 0.276. The van der Waals surface area contributed by atoms with Crippen LogP contribution in [0.4, 0.5) is 5.69 Å². The predicted octanol–water partition coefficient (Wildman–Crippen LogP) is 3.35. The van der Waals surface area contributed by atoms with E-state index in [0.717, 1.165) is 18.6 Å². The summed E-state index contributed by atoms with van der Waals surface area (Å²) in [6, 6.07) is 11.4. The van der Waals surface area contributed by atoms with Crippen molar-refractivity contribution in [3.8, 4) is 0 Å². The van der Waals surface area contributed by atoms with E-state index in [1.54, 1.807) is 0 Å². The van der Waals surface area contributed by atoms with Gasteiger partial charge in [0.15, 0.2) is 0 Å². The van der Waals surface area contributed by atoms with E-state index in [-0.39, 0.29) is 0 Å². The third-order valence-corrected chi connectivity index (χ3v) is 5.26. The van der Waals surface area contributed by atoms with Crippen LogP contribution in [0.15, 0.2) is 36.5 Å². The van der Waals surface area contributed by atoms with E-state index in [1.165, 1.54) is 36.8 Å². The van der Waals surface area contributed by atoms with Crippen LogP contribution in [0.25, 0.3) is 10.9 Å². The van der Waals surface area contributed by atoms with Crippen molar-refractivity contribution in [2.75, 3.05) is 18.0 Å². The molecule has 1 N–H and O–H groups in total. The Balaban J connectivity index is 1.68. The molecule has 1 atom stereocenters. The van der Waals surface area contributed by atoms with Gasteiger partial charge in [0.25, 0.3) is 0 Å². The van der Waals surface area contributed by atoms with Crippen LogP contribution in [0, 0.1) is 0 Å². The van der Waals surface area contributed by atoms with Gasteiger partial charge in [0.1, 0.15) is 0 Å². The molecular formula is C18H23N3. The molecule has 1 aliphatic heterocycles. The Morgan fingerprint density at radius 1 is 1.24 bits per heavy atom. The first-order valence-electron chi connectivity index (χ1n) is 8.12. The molecule has 1 saturated carbocycles. The molecule has 3 heteroatoms. The molecule has 2 aliphatic rings. The predicted molar refractivity (Wildman–Crippen MR) is 87.8 cm³/mol. The third kappa shape index (κ3) is 2.30. The fraction of sp³-hybridized carbons (Fsp3) is 0.500. The summed E-state index contributed by atoms with van der Waals surface area (Å²) in [5.74, 6) is 0. The molecule has 1 unspecified atom stereocenters. The molecule has 2 aromatic rings. The highest BCUT2D eigenvalue weighted by atomic mass is 15.3. The summed E-state index contributed by atoms with van der Waals surface area (Å²) in [7, 11) is 0. The molecule has 1 aliphatic carbocycles. The highest BCUT2D eigenvalue weighted by Crippen LogP contribution is 2.35. The largest absolute Gasteiger partial charge is 0.366 e. The highest BCUT2D eigenvalue weighted by Gasteiger charge is 2.39. The Labute approximate surface area is 126 Å². The first-order chi connectivity index (χ1) is 10.3. The van der Waals surface area contributed by atoms with Gasteiger partial charge in [-0.15, -0.1) is 0 Å². The van der Waals surface area contributed by atoms with Crippen molar-refractivity contribution in [2.45, 2.75) is 44.2 Å². The van der Waals surface area contributed by atoms with Crippen LogP contribution in [-0.4, -0.2) is 29.7 Å². The zero-order valence-electron chi connectivity index (χ0n) is 12.7. The number of anilines is 1. The van der Waals surface area contributed by atoms with Gasteiger partial charge in [0.05, 0.1) is 5.52 Å². The van der Waals surface area contributed by atoms with Crippen LogP contribution in [-0.2, 0) is 0 Å². The number of nitrogens with one attached hydrogen (secondary N) is 1. The van der Waals surface area contributed by atoms with Crippen LogP contribution in [0.5, 0.6) is 0 Å². The Hall–Kier alpha value is -1.61. The quantitative estimate of drug-likeness (QED) is 0.869. The average Bonchev–Trinajstić information content (AvgIpc) is 2.98. The molecule has 4 rings (SSSR count). The average molecular weight is 281 g/mol. The number of rotatable bonds is 1. The number of hydrogen-bond donors (Lipinski definition) is 1. The smallest absolute Gasteiger partial charge is 0.0703 e. The molecule has 1 spiro atoms. The first-order valence-corrected chi connectivity index (χ1v) is 8.12. The van der Waals surface area contributed by atoms with Gasteiger partial charge in [-0.2, -0.15) is 0 Å². The minimum Gasteiger partial charge on any atom is -0.366 e. The minimum atomic E-state index is 0.358. The summed E-state index contributed by atoms with van der Waals surface area (Å²) in [4.78, 5) is 7.02. The number of pyridine rings is 1. The van der Waals surface area contributed by atoms with E-state index >= 15 is 0 Å². The van der Waals surface area contributed by atoms with Gasteiger partial charge in [-0.3, -0.25) is 4.98 Å². The van der Waals surface area contributed by atoms with Crippen molar-refractivity contribution >= 4 is 16.6 Å².